The third-order valence-corrected chi connectivity index (χ3v) is 5.78. The zero-order valence-electron chi connectivity index (χ0n) is 14.0. The Morgan fingerprint density at radius 1 is 1.08 bits per heavy atom. The molecule has 1 aliphatic heterocycles. The SMILES string of the molecule is O=C(c1ccc(Cl)cc1)c1cc(-c2ccncc2)c(N2CCOCC2)s1. The molecule has 132 valence electrons. The van der Waals surface area contributed by atoms with Crippen LogP contribution in [-0.4, -0.2) is 37.1 Å². The third kappa shape index (κ3) is 3.51. The minimum absolute atomic E-state index is 0.0153. The summed E-state index contributed by atoms with van der Waals surface area (Å²) in [6, 6.07) is 13.0. The number of carbonyl (C=O) groups is 1. The summed E-state index contributed by atoms with van der Waals surface area (Å²) in [7, 11) is 0. The zero-order chi connectivity index (χ0) is 17.9. The van der Waals surface area contributed by atoms with Crippen molar-refractivity contribution in [2.45, 2.75) is 0 Å². The van der Waals surface area contributed by atoms with Gasteiger partial charge in [0.2, 0.25) is 5.78 Å². The average Bonchev–Trinajstić information content (AvgIpc) is 3.15. The molecule has 1 aromatic carbocycles. The van der Waals surface area contributed by atoms with Crippen LogP contribution in [0.3, 0.4) is 0 Å². The van der Waals surface area contributed by atoms with E-state index < -0.39 is 0 Å². The van der Waals surface area contributed by atoms with Gasteiger partial charge < -0.3 is 9.64 Å². The minimum atomic E-state index is 0.0153. The lowest BCUT2D eigenvalue weighted by Gasteiger charge is -2.28. The van der Waals surface area contributed by atoms with Gasteiger partial charge in [0.05, 0.1) is 23.1 Å². The first-order chi connectivity index (χ1) is 12.7. The first-order valence-corrected chi connectivity index (χ1v) is 9.59. The van der Waals surface area contributed by atoms with Crippen molar-refractivity contribution in [2.75, 3.05) is 31.2 Å². The first-order valence-electron chi connectivity index (χ1n) is 8.39. The van der Waals surface area contributed by atoms with Crippen LogP contribution in [0.5, 0.6) is 0 Å². The molecular formula is C20H17ClN2O2S. The molecule has 1 saturated heterocycles. The highest BCUT2D eigenvalue weighted by atomic mass is 35.5. The van der Waals surface area contributed by atoms with Gasteiger partial charge in [-0.25, -0.2) is 0 Å². The molecule has 0 bridgehead atoms. The number of ketones is 1. The number of rotatable bonds is 4. The van der Waals surface area contributed by atoms with Crippen LogP contribution >= 0.6 is 22.9 Å². The van der Waals surface area contributed by atoms with E-state index in [1.54, 1.807) is 36.7 Å². The van der Waals surface area contributed by atoms with Crippen molar-refractivity contribution in [1.29, 1.82) is 0 Å². The molecule has 4 nitrogen and oxygen atoms in total. The summed E-state index contributed by atoms with van der Waals surface area (Å²) in [5.74, 6) is 0.0153. The van der Waals surface area contributed by atoms with Gasteiger partial charge in [-0.2, -0.15) is 0 Å². The zero-order valence-corrected chi connectivity index (χ0v) is 15.6. The van der Waals surface area contributed by atoms with Gasteiger partial charge in [0, 0.05) is 41.6 Å². The van der Waals surface area contributed by atoms with Gasteiger partial charge in [0.1, 0.15) is 0 Å². The van der Waals surface area contributed by atoms with Crippen molar-refractivity contribution in [3.63, 3.8) is 0 Å². The van der Waals surface area contributed by atoms with Crippen molar-refractivity contribution >= 4 is 33.7 Å². The summed E-state index contributed by atoms with van der Waals surface area (Å²) in [5.41, 5.74) is 2.77. The van der Waals surface area contributed by atoms with E-state index >= 15 is 0 Å². The number of carbonyl (C=O) groups excluding carboxylic acids is 1. The quantitative estimate of drug-likeness (QED) is 0.620. The number of anilines is 1. The molecule has 1 aliphatic rings. The Morgan fingerprint density at radius 3 is 2.46 bits per heavy atom. The summed E-state index contributed by atoms with van der Waals surface area (Å²) < 4.78 is 5.48. The number of hydrogen-bond donors (Lipinski definition) is 0. The topological polar surface area (TPSA) is 42.4 Å². The van der Waals surface area contributed by atoms with Gasteiger partial charge in [-0.15, -0.1) is 11.3 Å². The predicted octanol–water partition coefficient (Wildman–Crippen LogP) is 4.53. The van der Waals surface area contributed by atoms with Crippen LogP contribution in [0, 0.1) is 0 Å². The van der Waals surface area contributed by atoms with E-state index in [-0.39, 0.29) is 5.78 Å². The van der Waals surface area contributed by atoms with Crippen LogP contribution in [0.15, 0.2) is 54.9 Å². The summed E-state index contributed by atoms with van der Waals surface area (Å²) in [6.45, 7) is 3.06. The number of nitrogens with zero attached hydrogens (tertiary/aromatic N) is 2. The molecule has 4 rings (SSSR count). The molecule has 0 unspecified atom stereocenters. The summed E-state index contributed by atoms with van der Waals surface area (Å²) in [4.78, 5) is 20.1. The fraction of sp³-hybridized carbons (Fsp3) is 0.200. The highest BCUT2D eigenvalue weighted by molar-refractivity contribution is 7.18. The van der Waals surface area contributed by atoms with E-state index in [2.05, 4.69) is 9.88 Å². The summed E-state index contributed by atoms with van der Waals surface area (Å²) in [5, 5.41) is 1.73. The average molecular weight is 385 g/mol. The van der Waals surface area contributed by atoms with Crippen LogP contribution in [-0.2, 0) is 4.74 Å². The van der Waals surface area contributed by atoms with E-state index in [0.29, 0.717) is 23.8 Å². The molecule has 0 amide bonds. The molecule has 0 saturated carbocycles. The molecule has 3 aromatic rings. The lowest BCUT2D eigenvalue weighted by Crippen LogP contribution is -2.35. The van der Waals surface area contributed by atoms with Crippen LogP contribution in [0.25, 0.3) is 11.1 Å². The highest BCUT2D eigenvalue weighted by Crippen LogP contribution is 2.40. The third-order valence-electron chi connectivity index (χ3n) is 4.33. The number of ether oxygens (including phenoxy) is 1. The molecule has 0 aliphatic carbocycles. The number of hydrogen-bond acceptors (Lipinski definition) is 5. The predicted molar refractivity (Wildman–Crippen MR) is 105 cm³/mol. The molecule has 6 heteroatoms. The number of morpholine rings is 1. The molecule has 0 N–H and O–H groups in total. The largest absolute Gasteiger partial charge is 0.378 e. The molecule has 0 radical (unpaired) electrons. The number of benzene rings is 1. The summed E-state index contributed by atoms with van der Waals surface area (Å²) >= 11 is 7.48. The number of thiophene rings is 1. The highest BCUT2D eigenvalue weighted by Gasteiger charge is 2.22. The van der Waals surface area contributed by atoms with Crippen molar-refractivity contribution < 1.29 is 9.53 Å². The molecule has 0 spiro atoms. The monoisotopic (exact) mass is 384 g/mol. The maximum absolute atomic E-state index is 12.9. The first kappa shape index (κ1) is 17.2. The molecule has 0 atom stereocenters. The second-order valence-electron chi connectivity index (χ2n) is 6.00. The van der Waals surface area contributed by atoms with Crippen molar-refractivity contribution in [1.82, 2.24) is 4.98 Å². The lowest BCUT2D eigenvalue weighted by atomic mass is 10.1. The summed E-state index contributed by atoms with van der Waals surface area (Å²) in [6.07, 6.45) is 3.55. The molecule has 1 fully saturated rings. The van der Waals surface area contributed by atoms with E-state index in [1.807, 2.05) is 18.2 Å². The Balaban J connectivity index is 1.75. The molecule has 26 heavy (non-hydrogen) atoms. The van der Waals surface area contributed by atoms with E-state index in [1.165, 1.54) is 11.3 Å². The number of halogens is 1. The standard InChI is InChI=1S/C20H17ClN2O2S/c21-16-3-1-15(2-4-16)19(24)18-13-17(14-5-7-22-8-6-14)20(26-18)23-9-11-25-12-10-23/h1-8,13H,9-12H2. The van der Waals surface area contributed by atoms with Crippen LogP contribution in [0.1, 0.15) is 15.2 Å². The fourth-order valence-corrected chi connectivity index (χ4v) is 4.30. The van der Waals surface area contributed by atoms with Gasteiger partial charge in [-0.1, -0.05) is 11.6 Å². The lowest BCUT2D eigenvalue weighted by molar-refractivity contribution is 0.104. The Labute approximate surface area is 161 Å². The normalized spacial score (nSPS) is 14.4. The Morgan fingerprint density at radius 2 is 1.77 bits per heavy atom. The molecule has 2 aromatic heterocycles. The Bertz CT molecular complexity index is 903. The van der Waals surface area contributed by atoms with Crippen LogP contribution in [0.2, 0.25) is 5.02 Å². The second-order valence-corrected chi connectivity index (χ2v) is 7.47. The van der Waals surface area contributed by atoms with E-state index in [9.17, 15) is 4.79 Å². The second kappa shape index (κ2) is 7.58. The maximum Gasteiger partial charge on any atom is 0.203 e. The Kier molecular flexibility index (Phi) is 5.02. The molecule has 3 heterocycles. The van der Waals surface area contributed by atoms with Gasteiger partial charge in [0.15, 0.2) is 0 Å². The number of aromatic nitrogens is 1. The smallest absolute Gasteiger partial charge is 0.203 e. The van der Waals surface area contributed by atoms with Gasteiger partial charge in [-0.05, 0) is 48.0 Å². The molecular weight excluding hydrogens is 368 g/mol. The van der Waals surface area contributed by atoms with Crippen molar-refractivity contribution in [3.8, 4) is 11.1 Å². The van der Waals surface area contributed by atoms with E-state index in [0.717, 1.165) is 34.1 Å². The van der Waals surface area contributed by atoms with Crippen molar-refractivity contribution in [3.05, 3.63) is 70.3 Å². The van der Waals surface area contributed by atoms with Gasteiger partial charge >= 0.3 is 0 Å². The van der Waals surface area contributed by atoms with Crippen LogP contribution in [0.4, 0.5) is 5.00 Å². The number of pyridine rings is 1. The maximum atomic E-state index is 12.9. The van der Waals surface area contributed by atoms with Gasteiger partial charge in [-0.3, -0.25) is 9.78 Å². The van der Waals surface area contributed by atoms with Crippen molar-refractivity contribution in [2.24, 2.45) is 0 Å². The van der Waals surface area contributed by atoms with E-state index in [4.69, 9.17) is 16.3 Å². The van der Waals surface area contributed by atoms with Crippen LogP contribution < -0.4 is 4.90 Å². The van der Waals surface area contributed by atoms with Gasteiger partial charge in [0.25, 0.3) is 0 Å². The Hall–Kier alpha value is -2.21. The fourth-order valence-electron chi connectivity index (χ4n) is 2.98. The minimum Gasteiger partial charge on any atom is -0.378 e.